The Balaban J connectivity index is 2.27. The smallest absolute Gasteiger partial charge is 0.122 e. The highest BCUT2D eigenvalue weighted by atomic mass is 16.5. The van der Waals surface area contributed by atoms with Crippen molar-refractivity contribution in [1.82, 2.24) is 0 Å². The van der Waals surface area contributed by atoms with Crippen molar-refractivity contribution in [3.8, 4) is 5.75 Å². The van der Waals surface area contributed by atoms with Gasteiger partial charge in [0.05, 0.1) is 7.11 Å². The van der Waals surface area contributed by atoms with E-state index in [1.54, 1.807) is 7.11 Å². The van der Waals surface area contributed by atoms with Crippen LogP contribution in [0.4, 0.5) is 0 Å². The van der Waals surface area contributed by atoms with E-state index in [9.17, 15) is 0 Å². The molecule has 0 heterocycles. The first kappa shape index (κ1) is 12.4. The summed E-state index contributed by atoms with van der Waals surface area (Å²) >= 11 is 0. The molecule has 0 unspecified atom stereocenters. The molecule has 1 aliphatic rings. The second-order valence-corrected chi connectivity index (χ2v) is 5.35. The van der Waals surface area contributed by atoms with Gasteiger partial charge in [-0.1, -0.05) is 25.5 Å². The van der Waals surface area contributed by atoms with Crippen LogP contribution in [-0.2, 0) is 5.41 Å². The minimum atomic E-state index is 0.210. The number of hydrogen-bond acceptors (Lipinski definition) is 2. The van der Waals surface area contributed by atoms with Gasteiger partial charge in [-0.25, -0.2) is 0 Å². The standard InChI is InChI=1S/C15H23NO/c1-4-12-8-15(9-12,10-16)13-6-5-11(2)14(7-13)17-3/h5-7,12H,4,8-10,16H2,1-3H3. The number of ether oxygens (including phenoxy) is 1. The van der Waals surface area contributed by atoms with E-state index in [0.717, 1.165) is 18.2 Å². The van der Waals surface area contributed by atoms with Crippen molar-refractivity contribution in [1.29, 1.82) is 0 Å². The van der Waals surface area contributed by atoms with Crippen LogP contribution in [0.25, 0.3) is 0 Å². The normalized spacial score (nSPS) is 27.6. The molecule has 0 aromatic heterocycles. The number of aryl methyl sites for hydroxylation is 1. The maximum Gasteiger partial charge on any atom is 0.122 e. The van der Waals surface area contributed by atoms with Gasteiger partial charge in [0.25, 0.3) is 0 Å². The van der Waals surface area contributed by atoms with Crippen molar-refractivity contribution in [3.05, 3.63) is 29.3 Å². The summed E-state index contributed by atoms with van der Waals surface area (Å²) in [5.74, 6) is 1.83. The fraction of sp³-hybridized carbons (Fsp3) is 0.600. The van der Waals surface area contributed by atoms with Crippen LogP contribution in [0.15, 0.2) is 18.2 Å². The Morgan fingerprint density at radius 1 is 1.41 bits per heavy atom. The van der Waals surface area contributed by atoms with Crippen molar-refractivity contribution < 1.29 is 4.74 Å². The molecule has 0 bridgehead atoms. The van der Waals surface area contributed by atoms with E-state index in [0.29, 0.717) is 0 Å². The summed E-state index contributed by atoms with van der Waals surface area (Å²) in [6.45, 7) is 5.09. The number of nitrogens with two attached hydrogens (primary N) is 1. The Bertz CT molecular complexity index is 394. The molecule has 17 heavy (non-hydrogen) atoms. The number of rotatable bonds is 4. The molecule has 2 N–H and O–H groups in total. The summed E-state index contributed by atoms with van der Waals surface area (Å²) in [5.41, 5.74) is 8.76. The van der Waals surface area contributed by atoms with Gasteiger partial charge >= 0.3 is 0 Å². The van der Waals surface area contributed by atoms with Crippen LogP contribution in [0.5, 0.6) is 5.75 Å². The monoisotopic (exact) mass is 233 g/mol. The van der Waals surface area contributed by atoms with Crippen molar-refractivity contribution in [3.63, 3.8) is 0 Å². The molecular formula is C15H23NO. The van der Waals surface area contributed by atoms with Crippen LogP contribution in [0.2, 0.25) is 0 Å². The fourth-order valence-electron chi connectivity index (χ4n) is 3.00. The van der Waals surface area contributed by atoms with Crippen molar-refractivity contribution in [2.75, 3.05) is 13.7 Å². The molecule has 2 heteroatoms. The van der Waals surface area contributed by atoms with Gasteiger partial charge in [-0.2, -0.15) is 0 Å². The highest BCUT2D eigenvalue weighted by Crippen LogP contribution is 2.49. The third-order valence-corrected chi connectivity index (χ3v) is 4.35. The highest BCUT2D eigenvalue weighted by Gasteiger charge is 2.43. The lowest BCUT2D eigenvalue weighted by Gasteiger charge is -2.47. The van der Waals surface area contributed by atoms with Crippen LogP contribution in [0, 0.1) is 12.8 Å². The minimum absolute atomic E-state index is 0.210. The van der Waals surface area contributed by atoms with Gasteiger partial charge in [-0.3, -0.25) is 0 Å². The molecule has 1 aliphatic carbocycles. The van der Waals surface area contributed by atoms with Crippen LogP contribution in [-0.4, -0.2) is 13.7 Å². The first-order valence-corrected chi connectivity index (χ1v) is 6.50. The SMILES string of the molecule is CCC1CC(CN)(c2ccc(C)c(OC)c2)C1. The van der Waals surface area contributed by atoms with Crippen LogP contribution in [0.1, 0.15) is 37.3 Å². The van der Waals surface area contributed by atoms with Gasteiger partial charge in [0.15, 0.2) is 0 Å². The Labute approximate surface area is 104 Å². The summed E-state index contributed by atoms with van der Waals surface area (Å²) in [4.78, 5) is 0. The molecule has 1 aromatic rings. The van der Waals surface area contributed by atoms with E-state index in [4.69, 9.17) is 10.5 Å². The van der Waals surface area contributed by atoms with E-state index in [1.807, 2.05) is 0 Å². The topological polar surface area (TPSA) is 35.2 Å². The molecular weight excluding hydrogens is 210 g/mol. The van der Waals surface area contributed by atoms with E-state index < -0.39 is 0 Å². The summed E-state index contributed by atoms with van der Waals surface area (Å²) in [6.07, 6.45) is 3.73. The molecule has 0 aliphatic heterocycles. The molecule has 94 valence electrons. The van der Waals surface area contributed by atoms with Gasteiger partial charge in [0.1, 0.15) is 5.75 Å². The predicted molar refractivity (Wildman–Crippen MR) is 71.5 cm³/mol. The second kappa shape index (κ2) is 4.69. The molecule has 2 nitrogen and oxygen atoms in total. The molecule has 1 fully saturated rings. The zero-order valence-corrected chi connectivity index (χ0v) is 11.1. The van der Waals surface area contributed by atoms with Crippen molar-refractivity contribution >= 4 is 0 Å². The van der Waals surface area contributed by atoms with E-state index in [1.165, 1.54) is 30.4 Å². The fourth-order valence-corrected chi connectivity index (χ4v) is 3.00. The average molecular weight is 233 g/mol. The minimum Gasteiger partial charge on any atom is -0.496 e. The Morgan fingerprint density at radius 2 is 2.12 bits per heavy atom. The Kier molecular flexibility index (Phi) is 3.43. The van der Waals surface area contributed by atoms with Gasteiger partial charge in [0, 0.05) is 12.0 Å². The largest absolute Gasteiger partial charge is 0.496 e. The average Bonchev–Trinajstić information content (AvgIpc) is 2.30. The third kappa shape index (κ3) is 2.06. The predicted octanol–water partition coefficient (Wildman–Crippen LogP) is 3.02. The summed E-state index contributed by atoms with van der Waals surface area (Å²) in [7, 11) is 1.73. The van der Waals surface area contributed by atoms with Gasteiger partial charge in [0.2, 0.25) is 0 Å². The molecule has 2 rings (SSSR count). The molecule has 0 radical (unpaired) electrons. The summed E-state index contributed by atoms with van der Waals surface area (Å²) in [5, 5.41) is 0. The van der Waals surface area contributed by atoms with Gasteiger partial charge < -0.3 is 10.5 Å². The molecule has 0 atom stereocenters. The molecule has 1 aromatic carbocycles. The lowest BCUT2D eigenvalue weighted by atomic mass is 9.58. The first-order chi connectivity index (χ1) is 8.15. The maximum absolute atomic E-state index is 6.01. The number of hydrogen-bond donors (Lipinski definition) is 1. The van der Waals surface area contributed by atoms with Crippen LogP contribution >= 0.6 is 0 Å². The lowest BCUT2D eigenvalue weighted by Crippen LogP contribution is -2.46. The van der Waals surface area contributed by atoms with E-state index in [2.05, 4.69) is 32.0 Å². The lowest BCUT2D eigenvalue weighted by molar-refractivity contribution is 0.144. The molecule has 0 saturated heterocycles. The van der Waals surface area contributed by atoms with E-state index >= 15 is 0 Å². The zero-order chi connectivity index (χ0) is 12.5. The second-order valence-electron chi connectivity index (χ2n) is 5.35. The number of methoxy groups -OCH3 is 1. The van der Waals surface area contributed by atoms with Crippen LogP contribution < -0.4 is 10.5 Å². The molecule has 1 saturated carbocycles. The maximum atomic E-state index is 6.01. The van der Waals surface area contributed by atoms with Crippen molar-refractivity contribution in [2.45, 2.75) is 38.5 Å². The highest BCUT2D eigenvalue weighted by molar-refractivity contribution is 5.41. The van der Waals surface area contributed by atoms with Gasteiger partial charge in [-0.15, -0.1) is 0 Å². The van der Waals surface area contributed by atoms with E-state index in [-0.39, 0.29) is 5.41 Å². The third-order valence-electron chi connectivity index (χ3n) is 4.35. The van der Waals surface area contributed by atoms with Gasteiger partial charge in [-0.05, 0) is 42.9 Å². The Hall–Kier alpha value is -1.02. The molecule has 0 spiro atoms. The summed E-state index contributed by atoms with van der Waals surface area (Å²) < 4.78 is 5.41. The first-order valence-electron chi connectivity index (χ1n) is 6.50. The quantitative estimate of drug-likeness (QED) is 0.867. The molecule has 0 amide bonds. The summed E-state index contributed by atoms with van der Waals surface area (Å²) in [6, 6.07) is 6.54. The number of benzene rings is 1. The Morgan fingerprint density at radius 3 is 2.65 bits per heavy atom. The van der Waals surface area contributed by atoms with Crippen molar-refractivity contribution in [2.24, 2.45) is 11.7 Å². The van der Waals surface area contributed by atoms with Crippen LogP contribution in [0.3, 0.4) is 0 Å². The zero-order valence-electron chi connectivity index (χ0n) is 11.1.